The van der Waals surface area contributed by atoms with Gasteiger partial charge in [-0.15, -0.1) is 0 Å². The number of benzene rings is 2. The Balaban J connectivity index is 2.25. The predicted octanol–water partition coefficient (Wildman–Crippen LogP) is 5.41. The smallest absolute Gasteiger partial charge is 0.255 e. The van der Waals surface area contributed by atoms with Gasteiger partial charge in [-0.3, -0.25) is 4.79 Å². The van der Waals surface area contributed by atoms with Gasteiger partial charge in [-0.2, -0.15) is 0 Å². The molecule has 0 saturated carbocycles. The summed E-state index contributed by atoms with van der Waals surface area (Å²) < 4.78 is 0. The van der Waals surface area contributed by atoms with Crippen LogP contribution in [0.3, 0.4) is 0 Å². The van der Waals surface area contributed by atoms with Crippen molar-refractivity contribution in [2.24, 2.45) is 0 Å². The molecule has 2 aromatic carbocycles. The van der Waals surface area contributed by atoms with E-state index >= 15 is 0 Å². The van der Waals surface area contributed by atoms with Crippen molar-refractivity contribution in [2.75, 3.05) is 5.32 Å². The minimum Gasteiger partial charge on any atom is -0.322 e. The zero-order valence-corrected chi connectivity index (χ0v) is 13.4. The van der Waals surface area contributed by atoms with Gasteiger partial charge >= 0.3 is 0 Å². The van der Waals surface area contributed by atoms with Crippen molar-refractivity contribution in [1.82, 2.24) is 0 Å². The summed E-state index contributed by atoms with van der Waals surface area (Å²) in [7, 11) is 0. The Kier molecular flexibility index (Phi) is 5.03. The summed E-state index contributed by atoms with van der Waals surface area (Å²) in [6, 6.07) is 13.3. The van der Waals surface area contributed by atoms with E-state index in [9.17, 15) is 4.79 Å². The van der Waals surface area contributed by atoms with Crippen molar-refractivity contribution in [1.29, 1.82) is 0 Å². The highest BCUT2D eigenvalue weighted by Crippen LogP contribution is 2.27. The number of amides is 1. The number of hydrogen-bond donors (Lipinski definition) is 1. The van der Waals surface area contributed by atoms with Gasteiger partial charge in [0.1, 0.15) is 0 Å². The summed E-state index contributed by atoms with van der Waals surface area (Å²) in [4.78, 5) is 12.4. The van der Waals surface area contributed by atoms with Gasteiger partial charge in [0.25, 0.3) is 5.91 Å². The molecule has 0 aliphatic rings. The molecule has 0 aromatic heterocycles. The van der Waals surface area contributed by atoms with E-state index in [0.29, 0.717) is 16.5 Å². The molecular weight excluding hydrogens is 282 g/mol. The summed E-state index contributed by atoms with van der Waals surface area (Å²) in [6.07, 6.45) is 1.03. The Morgan fingerprint density at radius 1 is 1.24 bits per heavy atom. The van der Waals surface area contributed by atoms with Gasteiger partial charge in [0.05, 0.1) is 0 Å². The zero-order chi connectivity index (χ0) is 15.4. The van der Waals surface area contributed by atoms with Crippen LogP contribution in [0, 0.1) is 6.92 Å². The van der Waals surface area contributed by atoms with E-state index in [1.807, 2.05) is 31.2 Å². The minimum atomic E-state index is -0.132. The van der Waals surface area contributed by atoms with Crippen LogP contribution in [0.25, 0.3) is 0 Å². The van der Waals surface area contributed by atoms with E-state index in [-0.39, 0.29) is 5.91 Å². The molecule has 2 nitrogen and oxygen atoms in total. The average molecular weight is 302 g/mol. The van der Waals surface area contributed by atoms with Crippen LogP contribution in [0.4, 0.5) is 5.69 Å². The van der Waals surface area contributed by atoms with Gasteiger partial charge in [-0.1, -0.05) is 49.7 Å². The van der Waals surface area contributed by atoms with Crippen LogP contribution in [0.1, 0.15) is 47.7 Å². The molecule has 0 saturated heterocycles. The quantitative estimate of drug-likeness (QED) is 0.803. The number of para-hydroxylation sites is 1. The highest BCUT2D eigenvalue weighted by atomic mass is 35.5. The number of hydrogen-bond acceptors (Lipinski definition) is 1. The Labute approximate surface area is 131 Å². The number of carbonyl (C=O) groups excluding carboxylic acids is 1. The molecule has 1 N–H and O–H groups in total. The molecular formula is C18H20ClNO. The molecule has 0 aliphatic carbocycles. The fourth-order valence-electron chi connectivity index (χ4n) is 2.19. The van der Waals surface area contributed by atoms with Crippen LogP contribution >= 0.6 is 11.6 Å². The number of rotatable bonds is 4. The molecule has 0 radical (unpaired) electrons. The van der Waals surface area contributed by atoms with Gasteiger partial charge in [0.2, 0.25) is 0 Å². The monoisotopic (exact) mass is 301 g/mol. The van der Waals surface area contributed by atoms with E-state index in [1.54, 1.807) is 12.1 Å². The summed E-state index contributed by atoms with van der Waals surface area (Å²) in [5, 5.41) is 3.60. The summed E-state index contributed by atoms with van der Waals surface area (Å²) in [6.45, 7) is 6.22. The van der Waals surface area contributed by atoms with E-state index in [0.717, 1.165) is 23.2 Å². The normalized spacial score (nSPS) is 12.0. The first kappa shape index (κ1) is 15.6. The maximum Gasteiger partial charge on any atom is 0.255 e. The van der Waals surface area contributed by atoms with Gasteiger partial charge in [-0.25, -0.2) is 0 Å². The average Bonchev–Trinajstić information content (AvgIpc) is 2.49. The second-order valence-electron chi connectivity index (χ2n) is 5.31. The maximum atomic E-state index is 12.4. The van der Waals surface area contributed by atoms with E-state index in [2.05, 4.69) is 25.2 Å². The fraction of sp³-hybridized carbons (Fsp3) is 0.278. The van der Waals surface area contributed by atoms with Crippen LogP contribution in [-0.2, 0) is 0 Å². The molecule has 0 aliphatic heterocycles. The minimum absolute atomic E-state index is 0.132. The van der Waals surface area contributed by atoms with Gasteiger partial charge in [0.15, 0.2) is 0 Å². The third-order valence-electron chi connectivity index (χ3n) is 3.79. The molecule has 1 unspecified atom stereocenters. The summed E-state index contributed by atoms with van der Waals surface area (Å²) in [5.74, 6) is 0.274. The highest BCUT2D eigenvalue weighted by Gasteiger charge is 2.12. The van der Waals surface area contributed by atoms with Crippen LogP contribution in [0.2, 0.25) is 5.02 Å². The van der Waals surface area contributed by atoms with Crippen molar-refractivity contribution in [3.05, 3.63) is 64.2 Å². The van der Waals surface area contributed by atoms with Crippen molar-refractivity contribution in [2.45, 2.75) is 33.1 Å². The third kappa shape index (κ3) is 3.64. The third-order valence-corrected chi connectivity index (χ3v) is 4.19. The fourth-order valence-corrected chi connectivity index (χ4v) is 2.37. The van der Waals surface area contributed by atoms with Crippen LogP contribution in [-0.4, -0.2) is 5.91 Å². The molecule has 0 spiro atoms. The molecule has 1 atom stereocenters. The Morgan fingerprint density at radius 2 is 1.95 bits per heavy atom. The van der Waals surface area contributed by atoms with Crippen LogP contribution in [0.5, 0.6) is 0 Å². The predicted molar refractivity (Wildman–Crippen MR) is 89.3 cm³/mol. The molecule has 1 amide bonds. The summed E-state index contributed by atoms with van der Waals surface area (Å²) in [5.41, 5.74) is 3.57. The Morgan fingerprint density at radius 3 is 2.62 bits per heavy atom. The lowest BCUT2D eigenvalue weighted by molar-refractivity contribution is 0.102. The van der Waals surface area contributed by atoms with Crippen molar-refractivity contribution in [3.63, 3.8) is 0 Å². The largest absolute Gasteiger partial charge is 0.322 e. The van der Waals surface area contributed by atoms with Crippen molar-refractivity contribution < 1.29 is 4.79 Å². The topological polar surface area (TPSA) is 29.1 Å². The van der Waals surface area contributed by atoms with E-state index < -0.39 is 0 Å². The van der Waals surface area contributed by atoms with Gasteiger partial charge < -0.3 is 5.32 Å². The first-order valence-electron chi connectivity index (χ1n) is 7.19. The van der Waals surface area contributed by atoms with Crippen LogP contribution in [0.15, 0.2) is 42.5 Å². The van der Waals surface area contributed by atoms with E-state index in [4.69, 9.17) is 11.6 Å². The lowest BCUT2D eigenvalue weighted by Gasteiger charge is -2.15. The molecule has 0 bridgehead atoms. The second-order valence-corrected chi connectivity index (χ2v) is 5.72. The lowest BCUT2D eigenvalue weighted by Crippen LogP contribution is -2.14. The number of aryl methyl sites for hydroxylation is 1. The van der Waals surface area contributed by atoms with Crippen molar-refractivity contribution >= 4 is 23.2 Å². The number of halogens is 1. The van der Waals surface area contributed by atoms with Crippen molar-refractivity contribution in [3.8, 4) is 0 Å². The molecule has 2 aromatic rings. The first-order chi connectivity index (χ1) is 10.0. The Bertz CT molecular complexity index is 651. The molecule has 110 valence electrons. The second kappa shape index (κ2) is 6.77. The molecule has 0 heterocycles. The van der Waals surface area contributed by atoms with E-state index in [1.165, 1.54) is 0 Å². The maximum absolute atomic E-state index is 12.4. The Hall–Kier alpha value is -1.80. The molecule has 0 fully saturated rings. The van der Waals surface area contributed by atoms with Crippen LogP contribution < -0.4 is 5.32 Å². The summed E-state index contributed by atoms with van der Waals surface area (Å²) >= 11 is 6.09. The standard InChI is InChI=1S/C18H20ClNO/c1-4-12(2)15-7-5-6-8-17(15)20-18(21)14-10-9-13(3)16(19)11-14/h5-12H,4H2,1-3H3,(H,20,21). The molecule has 2 rings (SSSR count). The molecule has 3 heteroatoms. The van der Waals surface area contributed by atoms with Gasteiger partial charge in [-0.05, 0) is 48.6 Å². The number of carbonyl (C=O) groups is 1. The highest BCUT2D eigenvalue weighted by molar-refractivity contribution is 6.31. The lowest BCUT2D eigenvalue weighted by atomic mass is 9.97. The number of anilines is 1. The SMILES string of the molecule is CCC(C)c1ccccc1NC(=O)c1ccc(C)c(Cl)c1. The zero-order valence-electron chi connectivity index (χ0n) is 12.6. The molecule has 21 heavy (non-hydrogen) atoms. The first-order valence-corrected chi connectivity index (χ1v) is 7.57. The number of nitrogens with one attached hydrogen (secondary N) is 1. The van der Waals surface area contributed by atoms with Gasteiger partial charge in [0, 0.05) is 16.3 Å².